The summed E-state index contributed by atoms with van der Waals surface area (Å²) in [5, 5.41) is 12.2. The molecule has 0 spiro atoms. The van der Waals surface area contributed by atoms with E-state index in [-0.39, 0.29) is 18.9 Å². The Morgan fingerprint density at radius 2 is 1.68 bits per heavy atom. The number of carbonyl (C=O) groups excluding carboxylic acids is 1. The van der Waals surface area contributed by atoms with Crippen molar-refractivity contribution in [3.05, 3.63) is 83.6 Å². The minimum atomic E-state index is -1.14. The molecule has 8 heteroatoms. The second-order valence-corrected chi connectivity index (χ2v) is 9.47. The number of fused-ring (bicyclic) bond motifs is 3. The Morgan fingerprint density at radius 3 is 2.30 bits per heavy atom. The van der Waals surface area contributed by atoms with E-state index >= 15 is 0 Å². The van der Waals surface area contributed by atoms with Crippen molar-refractivity contribution in [3.63, 3.8) is 0 Å². The molecule has 1 aliphatic carbocycles. The third-order valence-corrected chi connectivity index (χ3v) is 7.03. The Kier molecular flexibility index (Phi) is 7.65. The first-order valence-corrected chi connectivity index (χ1v) is 12.7. The van der Waals surface area contributed by atoms with E-state index in [1.165, 1.54) is 12.8 Å². The molecule has 2 N–H and O–H groups in total. The van der Waals surface area contributed by atoms with E-state index < -0.39 is 18.1 Å². The van der Waals surface area contributed by atoms with Crippen LogP contribution in [0.3, 0.4) is 0 Å². The van der Waals surface area contributed by atoms with Crippen LogP contribution in [-0.2, 0) is 16.0 Å². The van der Waals surface area contributed by atoms with Gasteiger partial charge in [0.2, 0.25) is 5.88 Å². The molecule has 192 valence electrons. The van der Waals surface area contributed by atoms with Crippen molar-refractivity contribution in [1.82, 2.24) is 15.2 Å². The first kappa shape index (κ1) is 24.8. The Balaban J connectivity index is 1.14. The van der Waals surface area contributed by atoms with E-state index in [4.69, 9.17) is 9.47 Å². The van der Waals surface area contributed by atoms with Crippen molar-refractivity contribution in [3.8, 4) is 17.0 Å². The number of aromatic nitrogens is 1. The van der Waals surface area contributed by atoms with Crippen LogP contribution in [-0.4, -0.2) is 65.9 Å². The highest BCUT2D eigenvalue weighted by molar-refractivity contribution is 5.81. The van der Waals surface area contributed by atoms with Gasteiger partial charge in [-0.2, -0.15) is 0 Å². The summed E-state index contributed by atoms with van der Waals surface area (Å²) in [6.07, 6.45) is 3.38. The number of benzene rings is 2. The van der Waals surface area contributed by atoms with Gasteiger partial charge in [0.05, 0.1) is 0 Å². The van der Waals surface area contributed by atoms with Crippen LogP contribution in [0.2, 0.25) is 0 Å². The van der Waals surface area contributed by atoms with Crippen molar-refractivity contribution >= 4 is 12.1 Å². The monoisotopic (exact) mass is 501 g/mol. The summed E-state index contributed by atoms with van der Waals surface area (Å²) in [7, 11) is 0. The van der Waals surface area contributed by atoms with Crippen LogP contribution >= 0.6 is 0 Å². The van der Waals surface area contributed by atoms with Gasteiger partial charge >= 0.3 is 12.1 Å². The zero-order valence-electron chi connectivity index (χ0n) is 20.6. The Hall–Kier alpha value is -3.91. The molecule has 8 nitrogen and oxygen atoms in total. The predicted octanol–water partition coefficient (Wildman–Crippen LogP) is 4.09. The fourth-order valence-corrected chi connectivity index (χ4v) is 5.12. The molecule has 1 saturated heterocycles. The number of aliphatic carboxylic acids is 1. The van der Waals surface area contributed by atoms with Crippen LogP contribution in [0.15, 0.2) is 66.9 Å². The quantitative estimate of drug-likeness (QED) is 0.432. The molecule has 1 aromatic heterocycles. The van der Waals surface area contributed by atoms with E-state index in [0.717, 1.165) is 41.9 Å². The molecular weight excluding hydrogens is 470 g/mol. The first-order chi connectivity index (χ1) is 18.1. The minimum Gasteiger partial charge on any atom is -0.480 e. The Labute approximate surface area is 216 Å². The third-order valence-electron chi connectivity index (χ3n) is 7.03. The largest absolute Gasteiger partial charge is 0.480 e. The summed E-state index contributed by atoms with van der Waals surface area (Å²) in [5.74, 6) is -0.734. The maximum atomic E-state index is 12.6. The number of likely N-dealkylation sites (tertiary alicyclic amines) is 1. The second kappa shape index (κ2) is 11.4. The van der Waals surface area contributed by atoms with Crippen molar-refractivity contribution in [2.45, 2.75) is 31.2 Å². The number of hydrogen-bond donors (Lipinski definition) is 2. The number of rotatable bonds is 10. The lowest BCUT2D eigenvalue weighted by Gasteiger charge is -2.18. The topological polar surface area (TPSA) is 101 Å². The molecule has 2 aromatic carbocycles. The number of carboxylic acids is 1. The summed E-state index contributed by atoms with van der Waals surface area (Å²) in [5.41, 5.74) is 5.14. The molecule has 0 unspecified atom stereocenters. The molecule has 0 saturated carbocycles. The molecule has 1 fully saturated rings. The molecular formula is C29H31N3O5. The van der Waals surface area contributed by atoms with Crippen molar-refractivity contribution in [2.24, 2.45) is 0 Å². The average molecular weight is 502 g/mol. The van der Waals surface area contributed by atoms with Gasteiger partial charge < -0.3 is 19.9 Å². The first-order valence-electron chi connectivity index (χ1n) is 12.7. The number of carboxylic acid groups (broad SMARTS) is 1. The summed E-state index contributed by atoms with van der Waals surface area (Å²) in [6, 6.07) is 18.5. The lowest BCUT2D eigenvalue weighted by atomic mass is 9.98. The van der Waals surface area contributed by atoms with Gasteiger partial charge in [-0.05, 0) is 53.7 Å². The highest BCUT2D eigenvalue weighted by atomic mass is 16.5. The third kappa shape index (κ3) is 5.91. The second-order valence-electron chi connectivity index (χ2n) is 9.47. The van der Waals surface area contributed by atoms with Crippen LogP contribution in [0.1, 0.15) is 35.4 Å². The van der Waals surface area contributed by atoms with Crippen molar-refractivity contribution in [2.75, 3.05) is 32.8 Å². The molecule has 37 heavy (non-hydrogen) atoms. The molecule has 1 atom stereocenters. The molecule has 5 rings (SSSR count). The zero-order valence-corrected chi connectivity index (χ0v) is 20.6. The van der Waals surface area contributed by atoms with Crippen molar-refractivity contribution < 1.29 is 24.2 Å². The van der Waals surface area contributed by atoms with E-state index in [9.17, 15) is 14.7 Å². The summed E-state index contributed by atoms with van der Waals surface area (Å²) in [4.78, 5) is 31.1. The van der Waals surface area contributed by atoms with Gasteiger partial charge in [0.25, 0.3) is 0 Å². The van der Waals surface area contributed by atoms with Crippen LogP contribution in [0.5, 0.6) is 5.88 Å². The molecule has 0 bridgehead atoms. The van der Waals surface area contributed by atoms with Gasteiger partial charge in [0.15, 0.2) is 0 Å². The standard InChI is InChI=1S/C29H31N3O5/c33-28(34)26(17-20-11-12-27(30-18-20)36-16-15-32-13-5-6-14-32)31-29(35)37-19-25-23-9-3-1-7-21(23)22-8-2-4-10-24(22)25/h1-4,7-12,18,25-26H,5-6,13-17,19H2,(H,31,35)(H,33,34)/t26-/m0/s1. The lowest BCUT2D eigenvalue weighted by molar-refractivity contribution is -0.139. The molecule has 0 radical (unpaired) electrons. The number of alkyl carbamates (subject to hydrolysis) is 1. The van der Waals surface area contributed by atoms with Crippen LogP contribution in [0.4, 0.5) is 4.79 Å². The number of amides is 1. The fraction of sp³-hybridized carbons (Fsp3) is 0.345. The molecule has 1 amide bonds. The lowest BCUT2D eigenvalue weighted by Crippen LogP contribution is -2.42. The number of pyridine rings is 1. The van der Waals surface area contributed by atoms with Gasteiger partial charge in [0, 0.05) is 31.1 Å². The van der Waals surface area contributed by atoms with E-state index in [2.05, 4.69) is 27.3 Å². The molecule has 3 aromatic rings. The number of nitrogens with one attached hydrogen (secondary N) is 1. The number of nitrogens with zero attached hydrogens (tertiary/aromatic N) is 2. The van der Waals surface area contributed by atoms with E-state index in [0.29, 0.717) is 18.1 Å². The van der Waals surface area contributed by atoms with Crippen molar-refractivity contribution in [1.29, 1.82) is 0 Å². The highest BCUT2D eigenvalue weighted by Crippen LogP contribution is 2.44. The minimum absolute atomic E-state index is 0.0839. The summed E-state index contributed by atoms with van der Waals surface area (Å²) >= 11 is 0. The highest BCUT2D eigenvalue weighted by Gasteiger charge is 2.29. The number of ether oxygens (including phenoxy) is 2. The van der Waals surface area contributed by atoms with Gasteiger partial charge in [0.1, 0.15) is 19.3 Å². The summed E-state index contributed by atoms with van der Waals surface area (Å²) in [6.45, 7) is 3.78. The van der Waals surface area contributed by atoms with Gasteiger partial charge in [-0.15, -0.1) is 0 Å². The van der Waals surface area contributed by atoms with Gasteiger partial charge in [-0.3, -0.25) is 4.90 Å². The SMILES string of the molecule is O=C(N[C@@H](Cc1ccc(OCCN2CCCC2)nc1)C(=O)O)OCC1c2ccccc2-c2ccccc21. The molecule has 1 aliphatic heterocycles. The van der Waals surface area contributed by atoms with E-state index in [1.807, 2.05) is 36.4 Å². The maximum Gasteiger partial charge on any atom is 0.407 e. The average Bonchev–Trinajstić information content (AvgIpc) is 3.54. The van der Waals surface area contributed by atoms with Gasteiger partial charge in [-0.25, -0.2) is 14.6 Å². The van der Waals surface area contributed by atoms with Crippen LogP contribution in [0, 0.1) is 0 Å². The summed E-state index contributed by atoms with van der Waals surface area (Å²) < 4.78 is 11.2. The fourth-order valence-electron chi connectivity index (χ4n) is 5.12. The normalized spacial score (nSPS) is 15.6. The van der Waals surface area contributed by atoms with Gasteiger partial charge in [-0.1, -0.05) is 54.6 Å². The zero-order chi connectivity index (χ0) is 25.6. The Bertz CT molecular complexity index is 1190. The Morgan fingerprint density at radius 1 is 1.00 bits per heavy atom. The number of hydrogen-bond acceptors (Lipinski definition) is 6. The van der Waals surface area contributed by atoms with Crippen LogP contribution < -0.4 is 10.1 Å². The predicted molar refractivity (Wildman–Crippen MR) is 139 cm³/mol. The molecule has 2 heterocycles. The van der Waals surface area contributed by atoms with Crippen LogP contribution in [0.25, 0.3) is 11.1 Å². The number of carbonyl (C=O) groups is 2. The smallest absolute Gasteiger partial charge is 0.407 e. The van der Waals surface area contributed by atoms with E-state index in [1.54, 1.807) is 18.3 Å². The molecule has 2 aliphatic rings. The maximum absolute atomic E-state index is 12.6.